The summed E-state index contributed by atoms with van der Waals surface area (Å²) in [5.74, 6) is 0.958. The number of rotatable bonds is 5. The fourth-order valence-electron chi connectivity index (χ4n) is 2.60. The molecule has 1 saturated heterocycles. The molecule has 19 heavy (non-hydrogen) atoms. The average molecular weight is 264 g/mol. The predicted octanol–water partition coefficient (Wildman–Crippen LogP) is 1.16. The highest BCUT2D eigenvalue weighted by molar-refractivity contribution is 5.75. The van der Waals surface area contributed by atoms with Crippen LogP contribution in [0.5, 0.6) is 0 Å². The minimum Gasteiger partial charge on any atom is -0.341 e. The van der Waals surface area contributed by atoms with Crippen LogP contribution >= 0.6 is 0 Å². The molecule has 5 nitrogen and oxygen atoms in total. The lowest BCUT2D eigenvalue weighted by atomic mass is 9.93. The molecular weight excluding hydrogens is 240 g/mol. The molecule has 0 aromatic carbocycles. The van der Waals surface area contributed by atoms with Crippen LogP contribution in [0.4, 0.5) is 0 Å². The largest absolute Gasteiger partial charge is 0.341 e. The minimum absolute atomic E-state index is 0.238. The van der Waals surface area contributed by atoms with Gasteiger partial charge in [0.2, 0.25) is 5.91 Å². The normalized spacial score (nSPS) is 16.5. The summed E-state index contributed by atoms with van der Waals surface area (Å²) in [6.45, 7) is 2.85. The fourth-order valence-corrected chi connectivity index (χ4v) is 2.60. The van der Waals surface area contributed by atoms with Gasteiger partial charge in [-0.25, -0.2) is 0 Å². The SMILES string of the molecule is CN(Cc1cnn(C)c1)C(=O)CCC1CCNCC1. The Morgan fingerprint density at radius 2 is 2.26 bits per heavy atom. The number of carbonyl (C=O) groups excluding carboxylic acids is 1. The Balaban J connectivity index is 1.72. The highest BCUT2D eigenvalue weighted by atomic mass is 16.2. The molecule has 2 heterocycles. The van der Waals surface area contributed by atoms with Gasteiger partial charge in [-0.15, -0.1) is 0 Å². The quantitative estimate of drug-likeness (QED) is 0.868. The van der Waals surface area contributed by atoms with E-state index in [2.05, 4.69) is 10.4 Å². The number of carbonyl (C=O) groups is 1. The molecule has 1 aromatic heterocycles. The van der Waals surface area contributed by atoms with Gasteiger partial charge in [0.15, 0.2) is 0 Å². The molecule has 2 rings (SSSR count). The molecular formula is C14H24N4O. The fraction of sp³-hybridized carbons (Fsp3) is 0.714. The molecule has 0 aliphatic carbocycles. The molecule has 1 aliphatic heterocycles. The maximum atomic E-state index is 12.1. The van der Waals surface area contributed by atoms with E-state index in [1.807, 2.05) is 26.5 Å². The van der Waals surface area contributed by atoms with E-state index in [-0.39, 0.29) is 5.91 Å². The number of hydrogen-bond acceptors (Lipinski definition) is 3. The van der Waals surface area contributed by atoms with Crippen molar-refractivity contribution in [2.45, 2.75) is 32.2 Å². The van der Waals surface area contributed by atoms with Gasteiger partial charge < -0.3 is 10.2 Å². The topological polar surface area (TPSA) is 50.2 Å². The van der Waals surface area contributed by atoms with Gasteiger partial charge in [-0.05, 0) is 38.3 Å². The van der Waals surface area contributed by atoms with Crippen molar-refractivity contribution >= 4 is 5.91 Å². The van der Waals surface area contributed by atoms with E-state index < -0.39 is 0 Å². The molecule has 1 aliphatic rings. The smallest absolute Gasteiger partial charge is 0.222 e. The first-order valence-electron chi connectivity index (χ1n) is 7.07. The van der Waals surface area contributed by atoms with Gasteiger partial charge in [-0.3, -0.25) is 9.48 Å². The third kappa shape index (κ3) is 4.35. The van der Waals surface area contributed by atoms with E-state index in [0.29, 0.717) is 13.0 Å². The summed E-state index contributed by atoms with van der Waals surface area (Å²) in [6, 6.07) is 0. The van der Waals surface area contributed by atoms with E-state index in [1.54, 1.807) is 9.58 Å². The molecule has 0 spiro atoms. The van der Waals surface area contributed by atoms with E-state index >= 15 is 0 Å². The first-order valence-corrected chi connectivity index (χ1v) is 7.07. The maximum Gasteiger partial charge on any atom is 0.222 e. The predicted molar refractivity (Wildman–Crippen MR) is 74.5 cm³/mol. The number of nitrogens with zero attached hydrogens (tertiary/aromatic N) is 3. The van der Waals surface area contributed by atoms with Crippen LogP contribution < -0.4 is 5.32 Å². The van der Waals surface area contributed by atoms with Crippen molar-refractivity contribution in [3.05, 3.63) is 18.0 Å². The van der Waals surface area contributed by atoms with Gasteiger partial charge in [0.1, 0.15) is 0 Å². The maximum absolute atomic E-state index is 12.1. The van der Waals surface area contributed by atoms with Gasteiger partial charge in [-0.1, -0.05) is 0 Å². The molecule has 0 atom stereocenters. The van der Waals surface area contributed by atoms with Gasteiger partial charge in [0.25, 0.3) is 0 Å². The standard InChI is InChI=1S/C14H24N4O/c1-17(10-13-9-16-18(2)11-13)14(19)4-3-12-5-7-15-8-6-12/h9,11-12,15H,3-8,10H2,1-2H3. The van der Waals surface area contributed by atoms with Crippen molar-refractivity contribution in [3.63, 3.8) is 0 Å². The van der Waals surface area contributed by atoms with Crippen molar-refractivity contribution in [3.8, 4) is 0 Å². The Morgan fingerprint density at radius 1 is 1.53 bits per heavy atom. The minimum atomic E-state index is 0.238. The number of aryl methyl sites for hydroxylation is 1. The second-order valence-corrected chi connectivity index (χ2v) is 5.50. The van der Waals surface area contributed by atoms with E-state index in [4.69, 9.17) is 0 Å². The number of aromatic nitrogens is 2. The van der Waals surface area contributed by atoms with E-state index in [1.165, 1.54) is 12.8 Å². The van der Waals surface area contributed by atoms with Gasteiger partial charge in [0, 0.05) is 38.8 Å². The molecule has 0 saturated carbocycles. The lowest BCUT2D eigenvalue weighted by Crippen LogP contribution is -2.30. The number of piperidine rings is 1. The van der Waals surface area contributed by atoms with Crippen LogP contribution in [0.1, 0.15) is 31.2 Å². The van der Waals surface area contributed by atoms with Crippen LogP contribution in [-0.4, -0.2) is 40.7 Å². The third-order valence-electron chi connectivity index (χ3n) is 3.83. The lowest BCUT2D eigenvalue weighted by molar-refractivity contribution is -0.130. The molecule has 1 aromatic rings. The first kappa shape index (κ1) is 14.1. The molecule has 106 valence electrons. The summed E-state index contributed by atoms with van der Waals surface area (Å²) in [5, 5.41) is 7.48. The number of amides is 1. The molecule has 1 N–H and O–H groups in total. The van der Waals surface area contributed by atoms with Crippen molar-refractivity contribution in [1.29, 1.82) is 0 Å². The molecule has 1 fully saturated rings. The van der Waals surface area contributed by atoms with Crippen molar-refractivity contribution in [1.82, 2.24) is 20.0 Å². The van der Waals surface area contributed by atoms with E-state index in [9.17, 15) is 4.79 Å². The zero-order valence-electron chi connectivity index (χ0n) is 11.9. The van der Waals surface area contributed by atoms with Gasteiger partial charge in [-0.2, -0.15) is 5.10 Å². The summed E-state index contributed by atoms with van der Waals surface area (Å²) < 4.78 is 1.77. The summed E-state index contributed by atoms with van der Waals surface area (Å²) in [7, 11) is 3.76. The number of nitrogens with one attached hydrogen (secondary N) is 1. The second-order valence-electron chi connectivity index (χ2n) is 5.50. The Morgan fingerprint density at radius 3 is 2.89 bits per heavy atom. The van der Waals surface area contributed by atoms with Crippen LogP contribution in [0.2, 0.25) is 0 Å². The molecule has 0 bridgehead atoms. The van der Waals surface area contributed by atoms with Gasteiger partial charge in [0.05, 0.1) is 6.20 Å². The van der Waals surface area contributed by atoms with Crippen molar-refractivity contribution < 1.29 is 4.79 Å². The van der Waals surface area contributed by atoms with Gasteiger partial charge >= 0.3 is 0 Å². The molecule has 1 amide bonds. The Labute approximate surface area is 115 Å². The van der Waals surface area contributed by atoms with Crippen molar-refractivity contribution in [2.75, 3.05) is 20.1 Å². The van der Waals surface area contributed by atoms with Crippen LogP contribution in [0.15, 0.2) is 12.4 Å². The molecule has 0 unspecified atom stereocenters. The highest BCUT2D eigenvalue weighted by Crippen LogP contribution is 2.18. The second kappa shape index (κ2) is 6.70. The summed E-state index contributed by atoms with van der Waals surface area (Å²) >= 11 is 0. The van der Waals surface area contributed by atoms with Crippen molar-refractivity contribution in [2.24, 2.45) is 13.0 Å². The van der Waals surface area contributed by atoms with Crippen LogP contribution in [0.3, 0.4) is 0 Å². The Kier molecular flexibility index (Phi) is 4.96. The third-order valence-corrected chi connectivity index (χ3v) is 3.83. The summed E-state index contributed by atoms with van der Waals surface area (Å²) in [4.78, 5) is 13.9. The highest BCUT2D eigenvalue weighted by Gasteiger charge is 2.16. The zero-order chi connectivity index (χ0) is 13.7. The molecule has 5 heteroatoms. The van der Waals surface area contributed by atoms with Crippen LogP contribution in [0.25, 0.3) is 0 Å². The summed E-state index contributed by atoms with van der Waals surface area (Å²) in [6.07, 6.45) is 7.88. The van der Waals surface area contributed by atoms with Crippen LogP contribution in [-0.2, 0) is 18.4 Å². The van der Waals surface area contributed by atoms with E-state index in [0.717, 1.165) is 31.0 Å². The Hall–Kier alpha value is -1.36. The first-order chi connectivity index (χ1) is 9.15. The zero-order valence-corrected chi connectivity index (χ0v) is 11.9. The van der Waals surface area contributed by atoms with Crippen LogP contribution in [0, 0.1) is 5.92 Å². The monoisotopic (exact) mass is 264 g/mol. The lowest BCUT2D eigenvalue weighted by Gasteiger charge is -2.23. The average Bonchev–Trinajstić information content (AvgIpc) is 2.82. The summed E-state index contributed by atoms with van der Waals surface area (Å²) in [5.41, 5.74) is 1.08. The Bertz CT molecular complexity index is 409. The number of hydrogen-bond donors (Lipinski definition) is 1. The molecule has 0 radical (unpaired) electrons.